The standard InChI is InChI=1S/C21H26N3O2S2/c1-15-16(2)28-19-18(15)20(25)23(17-7-5-4-6-8-17)21(22-19)27-14-11-24(3)9-12-26-13-10-24/h4-8H,9-14H2,1-3H3/q+1. The predicted molar refractivity (Wildman–Crippen MR) is 117 cm³/mol. The number of hydrogen-bond donors (Lipinski definition) is 0. The van der Waals surface area contributed by atoms with E-state index < -0.39 is 0 Å². The maximum Gasteiger partial charge on any atom is 0.267 e. The molecule has 0 aliphatic carbocycles. The maximum atomic E-state index is 13.4. The van der Waals surface area contributed by atoms with Gasteiger partial charge in [0.1, 0.15) is 17.9 Å². The van der Waals surface area contributed by atoms with Gasteiger partial charge in [0, 0.05) is 4.88 Å². The minimum atomic E-state index is 0.0346. The van der Waals surface area contributed by atoms with E-state index in [9.17, 15) is 4.79 Å². The number of thioether (sulfide) groups is 1. The molecule has 0 radical (unpaired) electrons. The third-order valence-electron chi connectivity index (χ3n) is 5.60. The monoisotopic (exact) mass is 416 g/mol. The molecule has 3 aromatic rings. The summed E-state index contributed by atoms with van der Waals surface area (Å²) in [6.45, 7) is 8.86. The van der Waals surface area contributed by atoms with Crippen LogP contribution in [-0.4, -0.2) is 59.7 Å². The number of ether oxygens (including phenoxy) is 1. The van der Waals surface area contributed by atoms with Crippen LogP contribution < -0.4 is 5.56 Å². The van der Waals surface area contributed by atoms with Crippen molar-refractivity contribution in [3.05, 3.63) is 51.1 Å². The lowest BCUT2D eigenvalue weighted by atomic mass is 10.2. The molecule has 0 atom stereocenters. The number of para-hydroxylation sites is 1. The van der Waals surface area contributed by atoms with Gasteiger partial charge >= 0.3 is 0 Å². The summed E-state index contributed by atoms with van der Waals surface area (Å²) < 4.78 is 8.30. The molecule has 1 aliphatic heterocycles. The van der Waals surface area contributed by atoms with Gasteiger partial charge in [0.2, 0.25) is 0 Å². The molecule has 0 N–H and O–H groups in total. The summed E-state index contributed by atoms with van der Waals surface area (Å²) in [5.41, 5.74) is 1.96. The average molecular weight is 417 g/mol. The van der Waals surface area contributed by atoms with Crippen LogP contribution in [-0.2, 0) is 4.74 Å². The van der Waals surface area contributed by atoms with Gasteiger partial charge in [-0.15, -0.1) is 11.3 Å². The van der Waals surface area contributed by atoms with E-state index in [1.54, 1.807) is 27.7 Å². The van der Waals surface area contributed by atoms with Crippen molar-refractivity contribution in [1.82, 2.24) is 9.55 Å². The van der Waals surface area contributed by atoms with Crippen molar-refractivity contribution in [3.8, 4) is 5.69 Å². The van der Waals surface area contributed by atoms with Crippen molar-refractivity contribution in [2.24, 2.45) is 0 Å². The van der Waals surface area contributed by atoms with Gasteiger partial charge < -0.3 is 9.22 Å². The molecule has 0 unspecified atom stereocenters. The topological polar surface area (TPSA) is 44.1 Å². The lowest BCUT2D eigenvalue weighted by Gasteiger charge is -2.37. The van der Waals surface area contributed by atoms with E-state index in [1.165, 1.54) is 0 Å². The van der Waals surface area contributed by atoms with Crippen molar-refractivity contribution in [2.75, 3.05) is 45.6 Å². The summed E-state index contributed by atoms with van der Waals surface area (Å²) in [5.74, 6) is 0.921. The second-order valence-corrected chi connectivity index (χ2v) is 9.85. The molecule has 2 aromatic heterocycles. The number of thiophene rings is 1. The number of aryl methyl sites for hydroxylation is 2. The van der Waals surface area contributed by atoms with Crippen LogP contribution in [0.3, 0.4) is 0 Å². The zero-order valence-electron chi connectivity index (χ0n) is 16.6. The van der Waals surface area contributed by atoms with E-state index in [0.717, 1.165) is 74.6 Å². The van der Waals surface area contributed by atoms with Gasteiger partial charge in [-0.3, -0.25) is 9.36 Å². The smallest absolute Gasteiger partial charge is 0.267 e. The third-order valence-corrected chi connectivity index (χ3v) is 7.62. The van der Waals surface area contributed by atoms with Crippen molar-refractivity contribution in [3.63, 3.8) is 0 Å². The summed E-state index contributed by atoms with van der Waals surface area (Å²) in [6, 6.07) is 9.85. The SMILES string of the molecule is Cc1sc2nc(SCC[N+]3(C)CCOCC3)n(-c3ccccc3)c(=O)c2c1C. The first-order valence-electron chi connectivity index (χ1n) is 9.61. The highest BCUT2D eigenvalue weighted by atomic mass is 32.2. The number of fused-ring (bicyclic) bond motifs is 1. The minimum Gasteiger partial charge on any atom is -0.370 e. The molecular formula is C21H26N3O2S2+. The number of likely N-dealkylation sites (N-methyl/N-ethyl adjacent to an activating group) is 1. The highest BCUT2D eigenvalue weighted by Crippen LogP contribution is 2.29. The highest BCUT2D eigenvalue weighted by molar-refractivity contribution is 7.99. The summed E-state index contributed by atoms with van der Waals surface area (Å²) in [7, 11) is 2.29. The first kappa shape index (κ1) is 19.6. The lowest BCUT2D eigenvalue weighted by molar-refractivity contribution is -0.914. The Kier molecular flexibility index (Phi) is 5.60. The van der Waals surface area contributed by atoms with Crippen LogP contribution in [0.1, 0.15) is 10.4 Å². The van der Waals surface area contributed by atoms with Gasteiger partial charge in [0.15, 0.2) is 5.16 Å². The summed E-state index contributed by atoms with van der Waals surface area (Å²) >= 11 is 3.29. The Morgan fingerprint density at radius 2 is 1.93 bits per heavy atom. The first-order valence-corrected chi connectivity index (χ1v) is 11.4. The molecular weight excluding hydrogens is 390 g/mol. The first-order chi connectivity index (χ1) is 13.5. The van der Waals surface area contributed by atoms with Crippen LogP contribution in [0.4, 0.5) is 0 Å². The number of hydrogen-bond acceptors (Lipinski definition) is 5. The van der Waals surface area contributed by atoms with Crippen LogP contribution >= 0.6 is 23.1 Å². The van der Waals surface area contributed by atoms with E-state index in [1.807, 2.05) is 37.3 Å². The Bertz CT molecular complexity index is 1040. The maximum absolute atomic E-state index is 13.4. The fourth-order valence-electron chi connectivity index (χ4n) is 3.54. The van der Waals surface area contributed by atoms with E-state index in [-0.39, 0.29) is 5.56 Å². The molecule has 28 heavy (non-hydrogen) atoms. The zero-order valence-corrected chi connectivity index (χ0v) is 18.2. The van der Waals surface area contributed by atoms with Crippen LogP contribution in [0.2, 0.25) is 0 Å². The number of quaternary nitrogens is 1. The Hall–Kier alpha value is -1.67. The van der Waals surface area contributed by atoms with Crippen molar-refractivity contribution in [1.29, 1.82) is 0 Å². The molecule has 4 rings (SSSR count). The Morgan fingerprint density at radius 3 is 2.64 bits per heavy atom. The Labute approximate surface area is 173 Å². The fourth-order valence-corrected chi connectivity index (χ4v) is 5.81. The van der Waals surface area contributed by atoms with Gasteiger partial charge in [-0.25, -0.2) is 4.98 Å². The molecule has 0 saturated carbocycles. The third kappa shape index (κ3) is 3.76. The number of benzene rings is 1. The molecule has 5 nitrogen and oxygen atoms in total. The molecule has 1 fully saturated rings. The van der Waals surface area contributed by atoms with Gasteiger partial charge in [0.25, 0.3) is 5.56 Å². The fraction of sp³-hybridized carbons (Fsp3) is 0.429. The molecule has 0 bridgehead atoms. The lowest BCUT2D eigenvalue weighted by Crippen LogP contribution is -2.53. The molecule has 1 saturated heterocycles. The predicted octanol–water partition coefficient (Wildman–Crippen LogP) is 3.63. The van der Waals surface area contributed by atoms with Crippen molar-refractivity contribution >= 4 is 33.3 Å². The van der Waals surface area contributed by atoms with Gasteiger partial charge in [-0.1, -0.05) is 30.0 Å². The van der Waals surface area contributed by atoms with Crippen molar-refractivity contribution in [2.45, 2.75) is 19.0 Å². The molecule has 1 aliphatic rings. The normalized spacial score (nSPS) is 16.5. The highest BCUT2D eigenvalue weighted by Gasteiger charge is 2.25. The molecule has 0 amide bonds. The number of nitrogens with zero attached hydrogens (tertiary/aromatic N) is 3. The molecule has 7 heteroatoms. The van der Waals surface area contributed by atoms with Gasteiger partial charge in [0.05, 0.1) is 43.6 Å². The number of rotatable bonds is 5. The largest absolute Gasteiger partial charge is 0.370 e. The molecule has 0 spiro atoms. The van der Waals surface area contributed by atoms with Gasteiger partial charge in [-0.05, 0) is 31.5 Å². The molecule has 1 aromatic carbocycles. The average Bonchev–Trinajstić information content (AvgIpc) is 2.97. The van der Waals surface area contributed by atoms with Gasteiger partial charge in [-0.2, -0.15) is 0 Å². The van der Waals surface area contributed by atoms with Crippen LogP contribution in [0.15, 0.2) is 40.3 Å². The Balaban J connectivity index is 1.71. The van der Waals surface area contributed by atoms with E-state index in [0.29, 0.717) is 0 Å². The van der Waals surface area contributed by atoms with E-state index >= 15 is 0 Å². The zero-order chi connectivity index (χ0) is 19.7. The van der Waals surface area contributed by atoms with Crippen LogP contribution in [0, 0.1) is 13.8 Å². The summed E-state index contributed by atoms with van der Waals surface area (Å²) in [4.78, 5) is 20.3. The number of aromatic nitrogens is 2. The number of morpholine rings is 1. The van der Waals surface area contributed by atoms with Crippen molar-refractivity contribution < 1.29 is 9.22 Å². The molecule has 3 heterocycles. The Morgan fingerprint density at radius 1 is 1.21 bits per heavy atom. The second-order valence-electron chi connectivity index (χ2n) is 7.59. The van der Waals surface area contributed by atoms with Crippen LogP contribution in [0.25, 0.3) is 15.9 Å². The quantitative estimate of drug-likeness (QED) is 0.362. The van der Waals surface area contributed by atoms with E-state index in [2.05, 4.69) is 14.0 Å². The van der Waals surface area contributed by atoms with E-state index in [4.69, 9.17) is 9.72 Å². The summed E-state index contributed by atoms with van der Waals surface area (Å²) in [6.07, 6.45) is 0. The second kappa shape index (κ2) is 7.99. The summed E-state index contributed by atoms with van der Waals surface area (Å²) in [5, 5.41) is 1.53. The minimum absolute atomic E-state index is 0.0346. The van der Waals surface area contributed by atoms with Crippen LogP contribution in [0.5, 0.6) is 0 Å². The molecule has 148 valence electrons.